The molecule has 3 nitrogen and oxygen atoms in total. The van der Waals surface area contributed by atoms with Crippen molar-refractivity contribution >= 4 is 5.97 Å². The minimum Gasteiger partial charge on any atom is -0.480 e. The molecule has 0 rings (SSSR count). The second-order valence-electron chi connectivity index (χ2n) is 1.93. The molecule has 0 spiro atoms. The zero-order valence-corrected chi connectivity index (χ0v) is 5.55. The van der Waals surface area contributed by atoms with Gasteiger partial charge in [-0.05, 0) is 6.42 Å². The Hall–Kier alpha value is -0.570. The Bertz CT molecular complexity index is 93.1. The molecule has 0 aliphatic rings. The van der Waals surface area contributed by atoms with Gasteiger partial charge in [-0.2, -0.15) is 0 Å². The quantitative estimate of drug-likeness (QED) is 0.590. The van der Waals surface area contributed by atoms with Crippen molar-refractivity contribution in [1.29, 1.82) is 0 Å². The van der Waals surface area contributed by atoms with Crippen molar-refractivity contribution in [3.05, 3.63) is 6.04 Å². The van der Waals surface area contributed by atoms with Gasteiger partial charge < -0.3 is 10.8 Å². The Balaban J connectivity index is 3.27. The van der Waals surface area contributed by atoms with E-state index in [0.29, 0.717) is 6.42 Å². The molecule has 0 amide bonds. The second kappa shape index (κ2) is 4.32. The predicted molar refractivity (Wildman–Crippen MR) is 34.6 cm³/mol. The molecule has 3 N–H and O–H groups in total. The van der Waals surface area contributed by atoms with Crippen molar-refractivity contribution < 1.29 is 9.90 Å². The van der Waals surface area contributed by atoms with Crippen LogP contribution in [0.3, 0.4) is 0 Å². The first kappa shape index (κ1) is 8.43. The van der Waals surface area contributed by atoms with Crippen LogP contribution in [0.5, 0.6) is 0 Å². The fraction of sp³-hybridized carbons (Fsp3) is 0.667. The Morgan fingerprint density at radius 2 is 2.22 bits per heavy atom. The lowest BCUT2D eigenvalue weighted by Crippen LogP contribution is -2.20. The molecule has 0 bridgehead atoms. The number of carboxylic acids is 1. The predicted octanol–water partition coefficient (Wildman–Crippen LogP) is 0.752. The molecule has 0 unspecified atom stereocenters. The largest absolute Gasteiger partial charge is 0.480 e. The topological polar surface area (TPSA) is 63.3 Å². The number of hydrogen-bond acceptors (Lipinski definition) is 2. The lowest BCUT2D eigenvalue weighted by atomic mass is 10.1. The smallest absolute Gasteiger partial charge is 0.326 e. The number of unbranched alkanes of at least 4 members (excludes halogenated alkanes) is 1. The van der Waals surface area contributed by atoms with Gasteiger partial charge in [-0.15, -0.1) is 0 Å². The molecule has 3 heteroatoms. The molecule has 0 aliphatic carbocycles. The standard InChI is InChI=1S/C6H12NO2/c1-2-3-4-5(7)6(8)9/h2-4,7H2,1H3,(H,8,9). The lowest BCUT2D eigenvalue weighted by molar-refractivity contribution is -0.135. The number of nitrogens with two attached hydrogens (primary N) is 1. The zero-order valence-electron chi connectivity index (χ0n) is 5.55. The molecule has 0 aromatic rings. The average Bonchev–Trinajstić information content (AvgIpc) is 1.82. The van der Waals surface area contributed by atoms with Crippen molar-refractivity contribution in [2.45, 2.75) is 26.2 Å². The van der Waals surface area contributed by atoms with Crippen LogP contribution in [-0.2, 0) is 4.79 Å². The van der Waals surface area contributed by atoms with E-state index in [4.69, 9.17) is 10.8 Å². The third-order valence-corrected chi connectivity index (χ3v) is 1.07. The van der Waals surface area contributed by atoms with Gasteiger partial charge in [0.2, 0.25) is 0 Å². The van der Waals surface area contributed by atoms with E-state index in [9.17, 15) is 4.79 Å². The summed E-state index contributed by atoms with van der Waals surface area (Å²) in [6, 6.07) is 0.0665. The molecule has 53 valence electrons. The first-order valence-electron chi connectivity index (χ1n) is 3.03. The third kappa shape index (κ3) is 3.97. The normalized spacial score (nSPS) is 10.1. The van der Waals surface area contributed by atoms with Gasteiger partial charge in [0.25, 0.3) is 0 Å². The molecule has 0 heterocycles. The average molecular weight is 130 g/mol. The highest BCUT2D eigenvalue weighted by atomic mass is 16.4. The van der Waals surface area contributed by atoms with Crippen LogP contribution in [0.2, 0.25) is 0 Å². The van der Waals surface area contributed by atoms with Gasteiger partial charge in [-0.1, -0.05) is 19.8 Å². The number of aliphatic carboxylic acids is 1. The molecule has 9 heavy (non-hydrogen) atoms. The van der Waals surface area contributed by atoms with E-state index in [1.54, 1.807) is 0 Å². The van der Waals surface area contributed by atoms with Crippen molar-refractivity contribution in [3.8, 4) is 0 Å². The monoisotopic (exact) mass is 130 g/mol. The maximum atomic E-state index is 10.0. The molecule has 0 aliphatic heterocycles. The molecular formula is C6H12NO2. The van der Waals surface area contributed by atoms with Crippen molar-refractivity contribution in [1.82, 2.24) is 0 Å². The fourth-order valence-corrected chi connectivity index (χ4v) is 0.474. The minimum absolute atomic E-state index is 0.0665. The van der Waals surface area contributed by atoms with Gasteiger partial charge in [0.05, 0.1) is 0 Å². The molecule has 0 saturated heterocycles. The summed E-state index contributed by atoms with van der Waals surface area (Å²) in [4.78, 5) is 10.0. The van der Waals surface area contributed by atoms with E-state index < -0.39 is 5.97 Å². The summed E-state index contributed by atoms with van der Waals surface area (Å²) >= 11 is 0. The molecule has 0 fully saturated rings. The SMILES string of the molecule is CCCC[C](N)C(=O)O. The molecule has 1 radical (unpaired) electrons. The first-order chi connectivity index (χ1) is 4.18. The molecular weight excluding hydrogens is 118 g/mol. The van der Waals surface area contributed by atoms with Gasteiger partial charge in [0, 0.05) is 0 Å². The summed E-state index contributed by atoms with van der Waals surface area (Å²) in [6.45, 7) is 2.00. The van der Waals surface area contributed by atoms with E-state index in [1.165, 1.54) is 0 Å². The second-order valence-corrected chi connectivity index (χ2v) is 1.93. The van der Waals surface area contributed by atoms with E-state index in [1.807, 2.05) is 6.92 Å². The summed E-state index contributed by atoms with van der Waals surface area (Å²) in [5, 5.41) is 8.25. The Kier molecular flexibility index (Phi) is 4.05. The van der Waals surface area contributed by atoms with Gasteiger partial charge in [-0.25, -0.2) is 0 Å². The third-order valence-electron chi connectivity index (χ3n) is 1.07. The molecule has 0 atom stereocenters. The van der Waals surface area contributed by atoms with Crippen molar-refractivity contribution in [2.75, 3.05) is 0 Å². The van der Waals surface area contributed by atoms with Crippen molar-refractivity contribution in [3.63, 3.8) is 0 Å². The summed E-state index contributed by atoms with van der Waals surface area (Å²) in [5.41, 5.74) is 5.12. The minimum atomic E-state index is -0.983. The molecule has 0 saturated carbocycles. The number of carbonyl (C=O) groups is 1. The van der Waals surface area contributed by atoms with Crippen LogP contribution in [0.1, 0.15) is 26.2 Å². The summed E-state index contributed by atoms with van der Waals surface area (Å²) < 4.78 is 0. The fourth-order valence-electron chi connectivity index (χ4n) is 0.474. The van der Waals surface area contributed by atoms with Gasteiger partial charge in [0.15, 0.2) is 0 Å². The van der Waals surface area contributed by atoms with Gasteiger partial charge in [0.1, 0.15) is 6.04 Å². The molecule has 0 aromatic carbocycles. The van der Waals surface area contributed by atoms with E-state index >= 15 is 0 Å². The van der Waals surface area contributed by atoms with E-state index in [-0.39, 0.29) is 6.04 Å². The highest BCUT2D eigenvalue weighted by Crippen LogP contribution is 2.03. The van der Waals surface area contributed by atoms with Crippen LogP contribution in [0, 0.1) is 6.04 Å². The maximum absolute atomic E-state index is 10.0. The van der Waals surface area contributed by atoms with Crippen LogP contribution < -0.4 is 5.73 Å². The highest BCUT2D eigenvalue weighted by Gasteiger charge is 2.10. The summed E-state index contributed by atoms with van der Waals surface area (Å²) in [5.74, 6) is -0.983. The Labute approximate surface area is 54.9 Å². The number of carboxylic acid groups (broad SMARTS) is 1. The van der Waals surface area contributed by atoms with Gasteiger partial charge in [-0.3, -0.25) is 4.79 Å². The van der Waals surface area contributed by atoms with Crippen LogP contribution in [0.15, 0.2) is 0 Å². The maximum Gasteiger partial charge on any atom is 0.326 e. The number of hydrogen-bond donors (Lipinski definition) is 2. The molecule has 0 aromatic heterocycles. The zero-order chi connectivity index (χ0) is 7.28. The van der Waals surface area contributed by atoms with Crippen molar-refractivity contribution in [2.24, 2.45) is 5.73 Å². The highest BCUT2D eigenvalue weighted by molar-refractivity contribution is 5.81. The van der Waals surface area contributed by atoms with Gasteiger partial charge >= 0.3 is 5.97 Å². The first-order valence-corrected chi connectivity index (χ1v) is 3.03. The van der Waals surface area contributed by atoms with Crippen LogP contribution in [0.4, 0.5) is 0 Å². The van der Waals surface area contributed by atoms with Crippen LogP contribution in [-0.4, -0.2) is 11.1 Å². The Morgan fingerprint density at radius 3 is 2.56 bits per heavy atom. The van der Waals surface area contributed by atoms with Crippen LogP contribution in [0.25, 0.3) is 0 Å². The summed E-state index contributed by atoms with van der Waals surface area (Å²) in [7, 11) is 0. The van der Waals surface area contributed by atoms with E-state index in [2.05, 4.69) is 0 Å². The number of rotatable bonds is 4. The van der Waals surface area contributed by atoms with E-state index in [0.717, 1.165) is 12.8 Å². The lowest BCUT2D eigenvalue weighted by Gasteiger charge is -2.01. The summed E-state index contributed by atoms with van der Waals surface area (Å²) in [6.07, 6.45) is 2.35. The Morgan fingerprint density at radius 1 is 1.67 bits per heavy atom. The van der Waals surface area contributed by atoms with Crippen LogP contribution >= 0.6 is 0 Å².